The second kappa shape index (κ2) is 17.6. The molecule has 3 rings (SSSR count). The number of halogens is 9. The number of unbranched alkanes of at least 4 members (excludes halogenated alkanes) is 3. The molecule has 16 heteroatoms. The Bertz CT molecular complexity index is 1620. The minimum absolute atomic E-state index is 0.0990. The minimum Gasteiger partial charge on any atom is -0.493 e. The van der Waals surface area contributed by atoms with Gasteiger partial charge in [-0.25, -0.2) is 14.4 Å². The zero-order valence-corrected chi connectivity index (χ0v) is 27.9. The molecule has 0 aliphatic heterocycles. The first kappa shape index (κ1) is 41.7. The fourth-order valence-electron chi connectivity index (χ4n) is 4.54. The second-order valence-corrected chi connectivity index (χ2v) is 11.6. The molecule has 0 aromatic heterocycles. The maximum Gasteiger partial charge on any atom is 0.460 e. The highest BCUT2D eigenvalue weighted by Gasteiger charge is 2.84. The van der Waals surface area contributed by atoms with Crippen LogP contribution in [-0.4, -0.2) is 61.2 Å². The van der Waals surface area contributed by atoms with Crippen LogP contribution in [0.4, 0.5) is 39.5 Å². The van der Waals surface area contributed by atoms with E-state index >= 15 is 0 Å². The van der Waals surface area contributed by atoms with Gasteiger partial charge in [0.05, 0.1) is 30.4 Å². The third-order valence-corrected chi connectivity index (χ3v) is 7.57. The first-order valence-corrected chi connectivity index (χ1v) is 16.1. The van der Waals surface area contributed by atoms with E-state index in [0.717, 1.165) is 43.2 Å². The maximum absolute atomic E-state index is 13.5. The number of carbonyl (C=O) groups is 3. The summed E-state index contributed by atoms with van der Waals surface area (Å²) in [5.74, 6) is -24.9. The molecule has 0 saturated carbocycles. The van der Waals surface area contributed by atoms with E-state index in [9.17, 15) is 53.9 Å². The zero-order valence-electron chi connectivity index (χ0n) is 27.9. The van der Waals surface area contributed by atoms with Gasteiger partial charge in [0.25, 0.3) is 0 Å². The van der Waals surface area contributed by atoms with Crippen LogP contribution < -0.4 is 9.47 Å². The van der Waals surface area contributed by atoms with Crippen LogP contribution in [0.1, 0.15) is 73.1 Å². The molecular formula is C36H35F9O7. The highest BCUT2D eigenvalue weighted by atomic mass is 19.4. The van der Waals surface area contributed by atoms with E-state index in [1.807, 2.05) is 6.92 Å². The molecule has 7 nitrogen and oxygen atoms in total. The SMILES string of the molecule is CCCCCC[C@H](C)OC(=O)c1ccc(-c2ccc(OC(=O)c3ccc(OCCCOC(=O)C(F)(F)C(F)(F)C(F)(F)C(F)(F)F)cc3)cc2)cc1. The summed E-state index contributed by atoms with van der Waals surface area (Å²) in [5, 5.41) is 0. The van der Waals surface area contributed by atoms with Crippen molar-refractivity contribution >= 4 is 17.9 Å². The predicted molar refractivity (Wildman–Crippen MR) is 169 cm³/mol. The Morgan fingerprint density at radius 1 is 0.615 bits per heavy atom. The maximum atomic E-state index is 13.5. The Balaban J connectivity index is 1.44. The Hall–Kier alpha value is -4.76. The van der Waals surface area contributed by atoms with Crippen LogP contribution in [-0.2, 0) is 14.3 Å². The van der Waals surface area contributed by atoms with Crippen molar-refractivity contribution in [3.8, 4) is 22.6 Å². The molecule has 3 aromatic carbocycles. The Morgan fingerprint density at radius 3 is 1.69 bits per heavy atom. The summed E-state index contributed by atoms with van der Waals surface area (Å²) in [5.41, 5.74) is 2.12. The number of benzene rings is 3. The van der Waals surface area contributed by atoms with Crippen LogP contribution in [0.2, 0.25) is 0 Å². The van der Waals surface area contributed by atoms with Crippen LogP contribution in [0.25, 0.3) is 11.1 Å². The van der Waals surface area contributed by atoms with E-state index in [1.165, 1.54) is 24.3 Å². The Labute approximate surface area is 293 Å². The van der Waals surface area contributed by atoms with E-state index in [0.29, 0.717) is 5.56 Å². The molecule has 1 atom stereocenters. The number of ether oxygens (including phenoxy) is 4. The monoisotopic (exact) mass is 750 g/mol. The van der Waals surface area contributed by atoms with Crippen LogP contribution in [0.5, 0.6) is 11.5 Å². The molecule has 0 bridgehead atoms. The molecule has 0 N–H and O–H groups in total. The molecule has 0 aliphatic rings. The first-order chi connectivity index (χ1) is 24.3. The van der Waals surface area contributed by atoms with Gasteiger partial charge < -0.3 is 18.9 Å². The lowest BCUT2D eigenvalue weighted by Gasteiger charge is -2.32. The Morgan fingerprint density at radius 2 is 1.13 bits per heavy atom. The van der Waals surface area contributed by atoms with Gasteiger partial charge in [-0.05, 0) is 79.4 Å². The van der Waals surface area contributed by atoms with E-state index in [2.05, 4.69) is 11.7 Å². The third kappa shape index (κ3) is 10.4. The molecule has 0 spiro atoms. The molecule has 0 fully saturated rings. The smallest absolute Gasteiger partial charge is 0.460 e. The van der Waals surface area contributed by atoms with E-state index in [-0.39, 0.29) is 23.2 Å². The molecule has 0 saturated heterocycles. The van der Waals surface area contributed by atoms with Crippen molar-refractivity contribution in [3.05, 3.63) is 83.9 Å². The summed E-state index contributed by atoms with van der Waals surface area (Å²) in [4.78, 5) is 36.4. The predicted octanol–water partition coefficient (Wildman–Crippen LogP) is 9.87. The van der Waals surface area contributed by atoms with Crippen LogP contribution in [0.3, 0.4) is 0 Å². The van der Waals surface area contributed by atoms with Crippen molar-refractivity contribution in [1.29, 1.82) is 0 Å². The van der Waals surface area contributed by atoms with Gasteiger partial charge in [0, 0.05) is 6.42 Å². The van der Waals surface area contributed by atoms with Crippen molar-refractivity contribution in [2.24, 2.45) is 0 Å². The van der Waals surface area contributed by atoms with Gasteiger partial charge in [0.2, 0.25) is 0 Å². The van der Waals surface area contributed by atoms with Gasteiger partial charge in [-0.15, -0.1) is 0 Å². The highest BCUT2D eigenvalue weighted by molar-refractivity contribution is 5.91. The number of carbonyl (C=O) groups excluding carboxylic acids is 3. The van der Waals surface area contributed by atoms with Crippen LogP contribution >= 0.6 is 0 Å². The molecule has 0 heterocycles. The zero-order chi connectivity index (χ0) is 38.7. The van der Waals surface area contributed by atoms with Crippen molar-refractivity contribution in [3.63, 3.8) is 0 Å². The molecule has 0 amide bonds. The number of hydrogen-bond donors (Lipinski definition) is 0. The minimum atomic E-state index is -7.21. The van der Waals surface area contributed by atoms with Gasteiger partial charge in [-0.3, -0.25) is 0 Å². The van der Waals surface area contributed by atoms with Gasteiger partial charge in [0.15, 0.2) is 0 Å². The fourth-order valence-corrected chi connectivity index (χ4v) is 4.54. The topological polar surface area (TPSA) is 88.1 Å². The van der Waals surface area contributed by atoms with Gasteiger partial charge in [-0.1, -0.05) is 50.5 Å². The number of esters is 3. The molecule has 284 valence electrons. The van der Waals surface area contributed by atoms with E-state index < -0.39 is 61.5 Å². The second-order valence-electron chi connectivity index (χ2n) is 11.6. The first-order valence-electron chi connectivity index (χ1n) is 16.1. The fraction of sp³-hybridized carbons (Fsp3) is 0.417. The summed E-state index contributed by atoms with van der Waals surface area (Å²) >= 11 is 0. The standard InChI is InChI=1S/C36H35F9O7/c1-3-4-5-6-8-23(2)51-30(46)26-11-9-24(10-12-26)25-13-19-29(20-14-25)52-31(47)27-15-17-28(18-16-27)49-21-7-22-50-32(48)33(37,38)34(39,40)35(41,42)36(43,44)45/h9-20,23H,3-8,21-22H2,1-2H3/t23-/m0/s1. The number of rotatable bonds is 18. The van der Waals surface area contributed by atoms with Crippen molar-refractivity contribution in [1.82, 2.24) is 0 Å². The summed E-state index contributed by atoms with van der Waals surface area (Å²) < 4.78 is 136. The third-order valence-electron chi connectivity index (χ3n) is 7.57. The normalized spacial score (nSPS) is 12.9. The largest absolute Gasteiger partial charge is 0.493 e. The summed E-state index contributed by atoms with van der Waals surface area (Å²) in [6, 6.07) is 18.7. The molecule has 3 aromatic rings. The van der Waals surface area contributed by atoms with Gasteiger partial charge in [-0.2, -0.15) is 39.5 Å². The summed E-state index contributed by atoms with van der Waals surface area (Å²) in [6.07, 6.45) is -2.53. The lowest BCUT2D eigenvalue weighted by molar-refractivity contribution is -0.390. The molecule has 0 aliphatic carbocycles. The Kier molecular flexibility index (Phi) is 14.1. The van der Waals surface area contributed by atoms with Crippen molar-refractivity contribution in [2.45, 2.75) is 82.4 Å². The van der Waals surface area contributed by atoms with Crippen molar-refractivity contribution in [2.75, 3.05) is 13.2 Å². The molecule has 52 heavy (non-hydrogen) atoms. The molecular weight excluding hydrogens is 715 g/mol. The van der Waals surface area contributed by atoms with Gasteiger partial charge in [0.1, 0.15) is 11.5 Å². The van der Waals surface area contributed by atoms with Crippen LogP contribution in [0, 0.1) is 0 Å². The summed E-state index contributed by atoms with van der Waals surface area (Å²) in [7, 11) is 0. The van der Waals surface area contributed by atoms with Crippen LogP contribution in [0.15, 0.2) is 72.8 Å². The van der Waals surface area contributed by atoms with E-state index in [1.54, 1.807) is 48.5 Å². The molecule has 0 unspecified atom stereocenters. The molecule has 0 radical (unpaired) electrons. The summed E-state index contributed by atoms with van der Waals surface area (Å²) in [6.45, 7) is 2.53. The quantitative estimate of drug-likeness (QED) is 0.0554. The lowest BCUT2D eigenvalue weighted by atomic mass is 10.0. The van der Waals surface area contributed by atoms with Crippen molar-refractivity contribution < 1.29 is 72.8 Å². The number of hydrogen-bond acceptors (Lipinski definition) is 7. The average Bonchev–Trinajstić information content (AvgIpc) is 3.09. The van der Waals surface area contributed by atoms with E-state index in [4.69, 9.17) is 14.2 Å². The average molecular weight is 751 g/mol. The lowest BCUT2D eigenvalue weighted by Crippen LogP contribution is -2.63. The highest BCUT2D eigenvalue weighted by Crippen LogP contribution is 2.53. The number of alkyl halides is 9. The van der Waals surface area contributed by atoms with Gasteiger partial charge >= 0.3 is 41.9 Å².